The number of piperidine rings is 1. The number of amides is 1. The number of nitrogens with zero attached hydrogens (tertiary/aromatic N) is 1. The van der Waals surface area contributed by atoms with Gasteiger partial charge in [-0.3, -0.25) is 4.79 Å². The van der Waals surface area contributed by atoms with Crippen LogP contribution in [-0.2, 0) is 4.74 Å². The monoisotopic (exact) mass is 268 g/mol. The van der Waals surface area contributed by atoms with E-state index in [2.05, 4.69) is 0 Å². The minimum atomic E-state index is 0.0931. The van der Waals surface area contributed by atoms with E-state index in [9.17, 15) is 4.79 Å². The Hall–Kier alpha value is -0.910. The van der Waals surface area contributed by atoms with Crippen LogP contribution in [-0.4, -0.2) is 43.2 Å². The van der Waals surface area contributed by atoms with Crippen LogP contribution in [0.5, 0.6) is 0 Å². The number of hydrogen-bond donors (Lipinski definition) is 1. The molecule has 2 N–H and O–H groups in total. The molecule has 1 saturated heterocycles. The molecule has 2 rings (SSSR count). The normalized spacial score (nSPS) is 24.3. The molecule has 0 bridgehead atoms. The molecule has 1 aliphatic heterocycles. The molecule has 2 heterocycles. The summed E-state index contributed by atoms with van der Waals surface area (Å²) < 4.78 is 5.37. The van der Waals surface area contributed by atoms with Gasteiger partial charge in [0.05, 0.1) is 11.7 Å². The molecule has 1 fully saturated rings. The van der Waals surface area contributed by atoms with Crippen molar-refractivity contribution in [2.24, 2.45) is 5.73 Å². The fourth-order valence-corrected chi connectivity index (χ4v) is 3.28. The molecular formula is C13H20N2O2S. The fourth-order valence-electron chi connectivity index (χ4n) is 2.45. The highest BCUT2D eigenvalue weighted by molar-refractivity contribution is 7.08. The van der Waals surface area contributed by atoms with Gasteiger partial charge >= 0.3 is 0 Å². The molecule has 1 aliphatic rings. The molecular weight excluding hydrogens is 248 g/mol. The van der Waals surface area contributed by atoms with Crippen LogP contribution in [0, 0.1) is 6.92 Å². The number of nitrogens with two attached hydrogens (primary N) is 1. The van der Waals surface area contributed by atoms with E-state index in [0.717, 1.165) is 30.5 Å². The molecule has 0 aliphatic carbocycles. The van der Waals surface area contributed by atoms with Crippen LogP contribution in [0.1, 0.15) is 28.8 Å². The molecule has 1 aromatic rings. The van der Waals surface area contributed by atoms with Crippen LogP contribution in [0.3, 0.4) is 0 Å². The van der Waals surface area contributed by atoms with Gasteiger partial charge in [0.15, 0.2) is 0 Å². The third-order valence-electron chi connectivity index (χ3n) is 3.62. The number of thiophene rings is 1. The number of aryl methyl sites for hydroxylation is 1. The van der Waals surface area contributed by atoms with E-state index in [0.29, 0.717) is 6.54 Å². The molecule has 2 unspecified atom stereocenters. The Kier molecular flexibility index (Phi) is 4.37. The minimum Gasteiger partial charge on any atom is -0.381 e. The Bertz CT molecular complexity index is 419. The molecule has 5 heteroatoms. The molecule has 18 heavy (non-hydrogen) atoms. The van der Waals surface area contributed by atoms with E-state index < -0.39 is 0 Å². The van der Waals surface area contributed by atoms with Gasteiger partial charge in [0.25, 0.3) is 5.91 Å². The molecule has 1 aromatic heterocycles. The van der Waals surface area contributed by atoms with Gasteiger partial charge in [-0.2, -0.15) is 11.3 Å². The average Bonchev–Trinajstić information content (AvgIpc) is 2.83. The Labute approximate surface area is 112 Å². The van der Waals surface area contributed by atoms with Gasteiger partial charge < -0.3 is 15.4 Å². The summed E-state index contributed by atoms with van der Waals surface area (Å²) in [4.78, 5) is 14.4. The van der Waals surface area contributed by atoms with Crippen LogP contribution < -0.4 is 5.73 Å². The lowest BCUT2D eigenvalue weighted by molar-refractivity contribution is 0.0139. The zero-order chi connectivity index (χ0) is 13.1. The van der Waals surface area contributed by atoms with Crippen LogP contribution in [0.4, 0.5) is 0 Å². The Balaban J connectivity index is 2.13. The number of ether oxygens (including phenoxy) is 1. The van der Waals surface area contributed by atoms with Crippen LogP contribution in [0.15, 0.2) is 10.8 Å². The predicted octanol–water partition coefficient (Wildman–Crippen LogP) is 1.63. The minimum absolute atomic E-state index is 0.0931. The van der Waals surface area contributed by atoms with Gasteiger partial charge in [0.1, 0.15) is 0 Å². The SMILES string of the molecule is COC1CCN(C(=O)c2cscc2C)C(CN)C1. The summed E-state index contributed by atoms with van der Waals surface area (Å²) in [5.74, 6) is 0.110. The number of methoxy groups -OCH3 is 1. The zero-order valence-corrected chi connectivity index (χ0v) is 11.7. The second-order valence-electron chi connectivity index (χ2n) is 4.74. The van der Waals surface area contributed by atoms with Crippen molar-refractivity contribution in [2.45, 2.75) is 31.9 Å². The number of carbonyl (C=O) groups is 1. The summed E-state index contributed by atoms with van der Waals surface area (Å²) >= 11 is 1.57. The van der Waals surface area contributed by atoms with Crippen molar-refractivity contribution in [3.8, 4) is 0 Å². The standard InChI is InChI=1S/C13H20N2O2S/c1-9-7-18-8-12(9)13(16)15-4-3-11(17-2)5-10(15)6-14/h7-8,10-11H,3-6,14H2,1-2H3. The van der Waals surface area contributed by atoms with Gasteiger partial charge in [0, 0.05) is 31.6 Å². The van der Waals surface area contributed by atoms with Gasteiger partial charge in [-0.1, -0.05) is 0 Å². The van der Waals surface area contributed by atoms with Crippen molar-refractivity contribution in [3.63, 3.8) is 0 Å². The van der Waals surface area contributed by atoms with Crippen LogP contribution >= 0.6 is 11.3 Å². The number of hydrogen-bond acceptors (Lipinski definition) is 4. The van der Waals surface area contributed by atoms with Crippen molar-refractivity contribution < 1.29 is 9.53 Å². The maximum absolute atomic E-state index is 12.5. The molecule has 0 spiro atoms. The fraction of sp³-hybridized carbons (Fsp3) is 0.615. The van der Waals surface area contributed by atoms with Crippen molar-refractivity contribution in [1.82, 2.24) is 4.90 Å². The molecule has 0 saturated carbocycles. The summed E-state index contributed by atoms with van der Waals surface area (Å²) in [7, 11) is 1.72. The van der Waals surface area contributed by atoms with Gasteiger partial charge in [-0.05, 0) is 30.7 Å². The first-order valence-electron chi connectivity index (χ1n) is 6.24. The van der Waals surface area contributed by atoms with E-state index in [1.165, 1.54) is 0 Å². The van der Waals surface area contributed by atoms with Gasteiger partial charge in [-0.15, -0.1) is 0 Å². The van der Waals surface area contributed by atoms with E-state index in [1.807, 2.05) is 22.6 Å². The van der Waals surface area contributed by atoms with E-state index in [4.69, 9.17) is 10.5 Å². The third kappa shape index (κ3) is 2.58. The zero-order valence-electron chi connectivity index (χ0n) is 10.9. The van der Waals surface area contributed by atoms with Crippen LogP contribution in [0.25, 0.3) is 0 Å². The second kappa shape index (κ2) is 5.82. The third-order valence-corrected chi connectivity index (χ3v) is 4.48. The summed E-state index contributed by atoms with van der Waals surface area (Å²) in [5, 5.41) is 3.93. The van der Waals surface area contributed by atoms with Crippen molar-refractivity contribution >= 4 is 17.2 Å². The lowest BCUT2D eigenvalue weighted by atomic mass is 9.98. The number of carbonyl (C=O) groups excluding carboxylic acids is 1. The Morgan fingerprint density at radius 2 is 2.39 bits per heavy atom. The summed E-state index contributed by atoms with van der Waals surface area (Å²) in [6, 6.07) is 0.0931. The van der Waals surface area contributed by atoms with Crippen molar-refractivity contribution in [2.75, 3.05) is 20.2 Å². The largest absolute Gasteiger partial charge is 0.381 e. The first kappa shape index (κ1) is 13.5. The van der Waals surface area contributed by atoms with Gasteiger partial charge in [-0.25, -0.2) is 0 Å². The van der Waals surface area contributed by atoms with Crippen molar-refractivity contribution in [3.05, 3.63) is 21.9 Å². The molecule has 0 radical (unpaired) electrons. The average molecular weight is 268 g/mol. The first-order chi connectivity index (χ1) is 8.67. The summed E-state index contributed by atoms with van der Waals surface area (Å²) in [5.41, 5.74) is 7.66. The second-order valence-corrected chi connectivity index (χ2v) is 5.48. The lowest BCUT2D eigenvalue weighted by Gasteiger charge is -2.38. The quantitative estimate of drug-likeness (QED) is 0.906. The highest BCUT2D eigenvalue weighted by Gasteiger charge is 2.31. The van der Waals surface area contributed by atoms with Gasteiger partial charge in [0.2, 0.25) is 0 Å². The molecule has 1 amide bonds. The molecule has 0 aromatic carbocycles. The lowest BCUT2D eigenvalue weighted by Crippen LogP contribution is -2.51. The van der Waals surface area contributed by atoms with E-state index in [-0.39, 0.29) is 18.1 Å². The molecule has 4 nitrogen and oxygen atoms in total. The predicted molar refractivity (Wildman–Crippen MR) is 73.0 cm³/mol. The topological polar surface area (TPSA) is 55.6 Å². The van der Waals surface area contributed by atoms with Crippen LogP contribution in [0.2, 0.25) is 0 Å². The van der Waals surface area contributed by atoms with E-state index in [1.54, 1.807) is 18.4 Å². The van der Waals surface area contributed by atoms with E-state index >= 15 is 0 Å². The molecule has 2 atom stereocenters. The maximum atomic E-state index is 12.5. The Morgan fingerprint density at radius 1 is 1.61 bits per heavy atom. The summed E-state index contributed by atoms with van der Waals surface area (Å²) in [6.07, 6.45) is 1.95. The van der Waals surface area contributed by atoms with Crippen molar-refractivity contribution in [1.29, 1.82) is 0 Å². The highest BCUT2D eigenvalue weighted by Crippen LogP contribution is 2.23. The number of rotatable bonds is 3. The highest BCUT2D eigenvalue weighted by atomic mass is 32.1. The Morgan fingerprint density at radius 3 is 2.94 bits per heavy atom. The smallest absolute Gasteiger partial charge is 0.255 e. The first-order valence-corrected chi connectivity index (χ1v) is 7.18. The maximum Gasteiger partial charge on any atom is 0.255 e. The summed E-state index contributed by atoms with van der Waals surface area (Å²) in [6.45, 7) is 3.20. The molecule has 100 valence electrons. The number of likely N-dealkylation sites (tertiary alicyclic amines) is 1.